The summed E-state index contributed by atoms with van der Waals surface area (Å²) in [4.78, 5) is 24.3. The molecule has 4 aromatic rings. The highest BCUT2D eigenvalue weighted by Gasteiger charge is 2.32. The van der Waals surface area contributed by atoms with Gasteiger partial charge in [-0.05, 0) is 36.4 Å². The standard InChI is InChI=1S/C26H17N3O4/c30-26-22(17-20-15-16-24(33-20)21-13-7-8-14-23(21)29(31)32)25(18-9-3-1-4-10-18)27-28(26)19-11-5-2-6-12-19/h1-17H/b22-17-. The van der Waals surface area contributed by atoms with Gasteiger partial charge < -0.3 is 4.42 Å². The molecule has 5 rings (SSSR count). The molecule has 0 radical (unpaired) electrons. The molecule has 33 heavy (non-hydrogen) atoms. The zero-order chi connectivity index (χ0) is 22.8. The summed E-state index contributed by atoms with van der Waals surface area (Å²) in [6.07, 6.45) is 1.62. The first-order chi connectivity index (χ1) is 16.1. The summed E-state index contributed by atoms with van der Waals surface area (Å²) >= 11 is 0. The van der Waals surface area contributed by atoms with Crippen LogP contribution in [-0.4, -0.2) is 16.5 Å². The second-order valence-electron chi connectivity index (χ2n) is 7.30. The van der Waals surface area contributed by atoms with E-state index in [0.29, 0.717) is 34.1 Å². The summed E-state index contributed by atoms with van der Waals surface area (Å²) < 4.78 is 5.89. The maximum Gasteiger partial charge on any atom is 0.281 e. The van der Waals surface area contributed by atoms with E-state index in [-0.39, 0.29) is 11.6 Å². The molecule has 1 amide bonds. The Balaban J connectivity index is 1.57. The molecule has 0 fully saturated rings. The maximum atomic E-state index is 13.3. The first-order valence-corrected chi connectivity index (χ1v) is 10.2. The number of furan rings is 1. The average Bonchev–Trinajstić information content (AvgIpc) is 3.45. The van der Waals surface area contributed by atoms with Gasteiger partial charge >= 0.3 is 0 Å². The molecule has 7 nitrogen and oxygen atoms in total. The van der Waals surface area contributed by atoms with Crippen LogP contribution in [0.5, 0.6) is 0 Å². The van der Waals surface area contributed by atoms with Crippen LogP contribution in [0.1, 0.15) is 11.3 Å². The number of para-hydroxylation sites is 2. The van der Waals surface area contributed by atoms with Crippen LogP contribution in [0.25, 0.3) is 17.4 Å². The van der Waals surface area contributed by atoms with Crippen molar-refractivity contribution in [1.82, 2.24) is 0 Å². The Labute approximate surface area is 189 Å². The van der Waals surface area contributed by atoms with Gasteiger partial charge in [-0.15, -0.1) is 0 Å². The lowest BCUT2D eigenvalue weighted by atomic mass is 10.0. The van der Waals surface area contributed by atoms with E-state index in [4.69, 9.17) is 4.42 Å². The molecule has 0 saturated heterocycles. The van der Waals surface area contributed by atoms with Gasteiger partial charge in [0, 0.05) is 11.6 Å². The Morgan fingerprint density at radius 2 is 1.52 bits per heavy atom. The van der Waals surface area contributed by atoms with Crippen molar-refractivity contribution in [1.29, 1.82) is 0 Å². The summed E-state index contributed by atoms with van der Waals surface area (Å²) in [5, 5.41) is 17.3. The Morgan fingerprint density at radius 1 is 0.848 bits per heavy atom. The summed E-state index contributed by atoms with van der Waals surface area (Å²) in [5.74, 6) is 0.450. The lowest BCUT2D eigenvalue weighted by Crippen LogP contribution is -2.21. The molecule has 0 unspecified atom stereocenters. The molecule has 7 heteroatoms. The van der Waals surface area contributed by atoms with Gasteiger partial charge in [-0.2, -0.15) is 10.1 Å². The summed E-state index contributed by atoms with van der Waals surface area (Å²) in [6.45, 7) is 0. The van der Waals surface area contributed by atoms with Crippen LogP contribution in [-0.2, 0) is 4.79 Å². The second-order valence-corrected chi connectivity index (χ2v) is 7.30. The van der Waals surface area contributed by atoms with Crippen molar-refractivity contribution in [2.45, 2.75) is 0 Å². The Hall–Kier alpha value is -4.78. The fraction of sp³-hybridized carbons (Fsp3) is 0. The molecule has 0 aliphatic carbocycles. The van der Waals surface area contributed by atoms with Crippen LogP contribution >= 0.6 is 0 Å². The Morgan fingerprint density at radius 3 is 2.24 bits per heavy atom. The number of anilines is 1. The first-order valence-electron chi connectivity index (χ1n) is 10.2. The van der Waals surface area contributed by atoms with Crippen molar-refractivity contribution in [2.75, 3.05) is 5.01 Å². The van der Waals surface area contributed by atoms with E-state index in [9.17, 15) is 14.9 Å². The zero-order valence-electron chi connectivity index (χ0n) is 17.3. The summed E-state index contributed by atoms with van der Waals surface area (Å²) in [7, 11) is 0. The van der Waals surface area contributed by atoms with E-state index in [1.165, 1.54) is 11.1 Å². The third kappa shape index (κ3) is 3.83. The average molecular weight is 435 g/mol. The van der Waals surface area contributed by atoms with Gasteiger partial charge in [0.15, 0.2) is 0 Å². The number of nitro benzene ring substituents is 1. The van der Waals surface area contributed by atoms with Crippen LogP contribution in [0.2, 0.25) is 0 Å². The van der Waals surface area contributed by atoms with Gasteiger partial charge in [-0.1, -0.05) is 60.7 Å². The quantitative estimate of drug-likeness (QED) is 0.229. The van der Waals surface area contributed by atoms with E-state index in [2.05, 4.69) is 5.10 Å². The largest absolute Gasteiger partial charge is 0.456 e. The smallest absolute Gasteiger partial charge is 0.281 e. The minimum absolute atomic E-state index is 0.0511. The number of rotatable bonds is 5. The molecule has 0 spiro atoms. The number of carbonyl (C=O) groups is 1. The van der Waals surface area contributed by atoms with Gasteiger partial charge in [-0.3, -0.25) is 14.9 Å². The van der Waals surface area contributed by atoms with Gasteiger partial charge in [-0.25, -0.2) is 0 Å². The topological polar surface area (TPSA) is 88.9 Å². The number of nitro groups is 1. The molecular formula is C26H17N3O4. The molecule has 2 heterocycles. The molecule has 0 N–H and O–H groups in total. The van der Waals surface area contributed by atoms with Gasteiger partial charge in [0.2, 0.25) is 0 Å². The highest BCUT2D eigenvalue weighted by atomic mass is 16.6. The predicted octanol–water partition coefficient (Wildman–Crippen LogP) is 5.69. The van der Waals surface area contributed by atoms with Gasteiger partial charge in [0.25, 0.3) is 11.6 Å². The minimum atomic E-state index is -0.450. The van der Waals surface area contributed by atoms with Gasteiger partial charge in [0.1, 0.15) is 17.2 Å². The van der Waals surface area contributed by atoms with Crippen LogP contribution in [0.3, 0.4) is 0 Å². The van der Waals surface area contributed by atoms with E-state index in [0.717, 1.165) is 5.56 Å². The molecule has 1 aliphatic heterocycles. The molecular weight excluding hydrogens is 418 g/mol. The van der Waals surface area contributed by atoms with Crippen molar-refractivity contribution >= 4 is 29.1 Å². The van der Waals surface area contributed by atoms with Crippen LogP contribution in [0, 0.1) is 10.1 Å². The Bertz CT molecular complexity index is 1410. The number of hydrogen-bond donors (Lipinski definition) is 0. The lowest BCUT2D eigenvalue weighted by Gasteiger charge is -2.10. The maximum absolute atomic E-state index is 13.3. The summed E-state index contributed by atoms with van der Waals surface area (Å²) in [6, 6.07) is 28.3. The second kappa shape index (κ2) is 8.39. The van der Waals surface area contributed by atoms with E-state index in [1.54, 1.807) is 36.4 Å². The number of nitrogens with zero attached hydrogens (tertiary/aromatic N) is 3. The zero-order valence-corrected chi connectivity index (χ0v) is 17.3. The number of hydrogen-bond acceptors (Lipinski definition) is 5. The SMILES string of the molecule is O=C1/C(=C\c2ccc(-c3ccccc3[N+](=O)[O-])o2)C(c2ccccc2)=NN1c1ccccc1. The molecule has 1 aromatic heterocycles. The molecule has 0 saturated carbocycles. The van der Waals surface area contributed by atoms with Crippen molar-refractivity contribution in [3.8, 4) is 11.3 Å². The van der Waals surface area contributed by atoms with Crippen molar-refractivity contribution in [2.24, 2.45) is 5.10 Å². The third-order valence-corrected chi connectivity index (χ3v) is 5.21. The molecule has 0 bridgehead atoms. The van der Waals surface area contributed by atoms with Crippen LogP contribution < -0.4 is 5.01 Å². The molecule has 1 aliphatic rings. The van der Waals surface area contributed by atoms with Crippen molar-refractivity contribution in [3.05, 3.63) is 124 Å². The van der Waals surface area contributed by atoms with Crippen molar-refractivity contribution in [3.63, 3.8) is 0 Å². The van der Waals surface area contributed by atoms with Crippen LogP contribution in [0.4, 0.5) is 11.4 Å². The Kier molecular flexibility index (Phi) is 5.12. The predicted molar refractivity (Wildman–Crippen MR) is 126 cm³/mol. The normalized spacial score (nSPS) is 14.5. The van der Waals surface area contributed by atoms with Crippen LogP contribution in [0.15, 0.2) is 112 Å². The molecule has 3 aromatic carbocycles. The first kappa shape index (κ1) is 20.1. The number of amides is 1. The van der Waals surface area contributed by atoms with Gasteiger partial charge in [0.05, 0.1) is 21.7 Å². The lowest BCUT2D eigenvalue weighted by molar-refractivity contribution is -0.384. The van der Waals surface area contributed by atoms with E-state index >= 15 is 0 Å². The molecule has 0 atom stereocenters. The highest BCUT2D eigenvalue weighted by molar-refractivity contribution is 6.37. The molecule has 160 valence electrons. The fourth-order valence-corrected chi connectivity index (χ4v) is 3.66. The fourth-order valence-electron chi connectivity index (χ4n) is 3.66. The minimum Gasteiger partial charge on any atom is -0.456 e. The van der Waals surface area contributed by atoms with E-state index < -0.39 is 4.92 Å². The monoisotopic (exact) mass is 435 g/mol. The third-order valence-electron chi connectivity index (χ3n) is 5.21. The van der Waals surface area contributed by atoms with E-state index in [1.807, 2.05) is 60.7 Å². The number of hydrazone groups is 1. The van der Waals surface area contributed by atoms with Crippen molar-refractivity contribution < 1.29 is 14.1 Å². The number of benzene rings is 3. The number of carbonyl (C=O) groups excluding carboxylic acids is 1. The summed E-state index contributed by atoms with van der Waals surface area (Å²) in [5.41, 5.74) is 2.65. The highest BCUT2D eigenvalue weighted by Crippen LogP contribution is 2.33.